The molecule has 0 saturated heterocycles. The van der Waals surface area contributed by atoms with E-state index in [0.717, 1.165) is 9.32 Å². The summed E-state index contributed by atoms with van der Waals surface area (Å²) in [6, 6.07) is 5.73. The normalized spacial score (nSPS) is 12.5. The quantitative estimate of drug-likeness (QED) is 0.686. The zero-order valence-electron chi connectivity index (χ0n) is 8.29. The first-order valence-electron chi connectivity index (χ1n) is 4.34. The number of rotatable bonds is 4. The zero-order chi connectivity index (χ0) is 10.6. The Kier molecular flexibility index (Phi) is 4.47. The van der Waals surface area contributed by atoms with Crippen LogP contribution in [0, 0.1) is 3.57 Å². The van der Waals surface area contributed by atoms with Crippen molar-refractivity contribution in [1.82, 2.24) is 0 Å². The molecule has 14 heavy (non-hydrogen) atoms. The van der Waals surface area contributed by atoms with Crippen LogP contribution in [0.3, 0.4) is 0 Å². The highest BCUT2D eigenvalue weighted by Crippen LogP contribution is 2.24. The van der Waals surface area contributed by atoms with Gasteiger partial charge in [-0.25, -0.2) is 0 Å². The minimum absolute atomic E-state index is 0.0161. The average Bonchev–Trinajstić information content (AvgIpc) is 2.10. The summed E-state index contributed by atoms with van der Waals surface area (Å²) >= 11 is 2.21. The van der Waals surface area contributed by atoms with Crippen molar-refractivity contribution in [2.24, 2.45) is 0 Å². The Morgan fingerprint density at radius 3 is 2.79 bits per heavy atom. The molecule has 0 radical (unpaired) electrons. The Labute approximate surface area is 97.7 Å². The van der Waals surface area contributed by atoms with Crippen LogP contribution < -0.4 is 10.5 Å². The van der Waals surface area contributed by atoms with Crippen LogP contribution in [0.25, 0.3) is 0 Å². The highest BCUT2D eigenvalue weighted by Gasteiger charge is 2.06. The minimum atomic E-state index is 0.0161. The van der Waals surface area contributed by atoms with Gasteiger partial charge in [-0.05, 0) is 47.7 Å². The van der Waals surface area contributed by atoms with Crippen LogP contribution in [0.1, 0.15) is 6.92 Å². The van der Waals surface area contributed by atoms with Gasteiger partial charge in [0, 0.05) is 10.7 Å². The number of nitrogen functional groups attached to an aromatic ring is 1. The third-order valence-corrected chi connectivity index (χ3v) is 2.37. The maximum absolute atomic E-state index is 5.80. The van der Waals surface area contributed by atoms with Crippen LogP contribution in [0.15, 0.2) is 18.2 Å². The molecule has 0 aliphatic heterocycles. The van der Waals surface area contributed by atoms with Crippen molar-refractivity contribution < 1.29 is 9.47 Å². The Hall–Kier alpha value is -0.490. The molecule has 0 bridgehead atoms. The van der Waals surface area contributed by atoms with Crippen LogP contribution in [0.5, 0.6) is 5.75 Å². The van der Waals surface area contributed by atoms with E-state index in [9.17, 15) is 0 Å². The second-order valence-corrected chi connectivity index (χ2v) is 4.31. The smallest absolute Gasteiger partial charge is 0.142 e. The molecule has 0 aromatic heterocycles. The molecule has 0 spiro atoms. The first-order valence-corrected chi connectivity index (χ1v) is 5.42. The SMILES string of the molecule is COCC(C)Oc1ccc(I)cc1N. The number of anilines is 1. The van der Waals surface area contributed by atoms with E-state index in [2.05, 4.69) is 22.6 Å². The van der Waals surface area contributed by atoms with E-state index in [1.54, 1.807) is 7.11 Å². The van der Waals surface area contributed by atoms with E-state index in [-0.39, 0.29) is 6.10 Å². The summed E-state index contributed by atoms with van der Waals surface area (Å²) in [4.78, 5) is 0. The van der Waals surface area contributed by atoms with E-state index in [1.165, 1.54) is 0 Å². The van der Waals surface area contributed by atoms with Crippen LogP contribution in [0.2, 0.25) is 0 Å². The van der Waals surface area contributed by atoms with Crippen molar-refractivity contribution >= 4 is 28.3 Å². The number of ether oxygens (including phenoxy) is 2. The van der Waals surface area contributed by atoms with Gasteiger partial charge in [-0.2, -0.15) is 0 Å². The van der Waals surface area contributed by atoms with Crippen molar-refractivity contribution in [1.29, 1.82) is 0 Å². The minimum Gasteiger partial charge on any atom is -0.486 e. The van der Waals surface area contributed by atoms with Crippen molar-refractivity contribution in [3.8, 4) is 5.75 Å². The fourth-order valence-corrected chi connectivity index (χ4v) is 1.63. The van der Waals surface area contributed by atoms with Crippen LogP contribution in [-0.4, -0.2) is 19.8 Å². The molecule has 0 saturated carbocycles. The highest BCUT2D eigenvalue weighted by atomic mass is 127. The Morgan fingerprint density at radius 1 is 1.50 bits per heavy atom. The first-order chi connectivity index (χ1) is 6.63. The maximum Gasteiger partial charge on any atom is 0.142 e. The molecule has 0 aliphatic carbocycles. The standard InChI is InChI=1S/C10H14INO2/c1-7(6-13-2)14-10-4-3-8(11)5-9(10)12/h3-5,7H,6,12H2,1-2H3. The van der Waals surface area contributed by atoms with E-state index in [4.69, 9.17) is 15.2 Å². The lowest BCUT2D eigenvalue weighted by molar-refractivity contribution is 0.0926. The number of nitrogens with two attached hydrogens (primary N) is 1. The third kappa shape index (κ3) is 3.34. The molecule has 1 aromatic carbocycles. The van der Waals surface area contributed by atoms with Gasteiger partial charge in [-0.1, -0.05) is 0 Å². The van der Waals surface area contributed by atoms with Crippen LogP contribution in [-0.2, 0) is 4.74 Å². The second-order valence-electron chi connectivity index (χ2n) is 3.07. The van der Waals surface area contributed by atoms with Crippen LogP contribution in [0.4, 0.5) is 5.69 Å². The summed E-state index contributed by atoms with van der Waals surface area (Å²) < 4.78 is 11.7. The van der Waals surface area contributed by atoms with Gasteiger partial charge in [-0.3, -0.25) is 0 Å². The Morgan fingerprint density at radius 2 is 2.21 bits per heavy atom. The molecule has 1 atom stereocenters. The van der Waals surface area contributed by atoms with Crippen molar-refractivity contribution in [3.63, 3.8) is 0 Å². The first kappa shape index (κ1) is 11.6. The molecule has 1 aromatic rings. The fraction of sp³-hybridized carbons (Fsp3) is 0.400. The third-order valence-electron chi connectivity index (χ3n) is 1.70. The molecular weight excluding hydrogens is 293 g/mol. The number of methoxy groups -OCH3 is 1. The van der Waals surface area contributed by atoms with Crippen molar-refractivity contribution in [2.75, 3.05) is 19.5 Å². The number of hydrogen-bond acceptors (Lipinski definition) is 3. The molecule has 1 rings (SSSR count). The fourth-order valence-electron chi connectivity index (χ4n) is 1.11. The van der Waals surface area contributed by atoms with Crippen molar-refractivity contribution in [2.45, 2.75) is 13.0 Å². The lowest BCUT2D eigenvalue weighted by Gasteiger charge is -2.15. The van der Waals surface area contributed by atoms with Gasteiger partial charge in [0.05, 0.1) is 12.3 Å². The highest BCUT2D eigenvalue weighted by molar-refractivity contribution is 14.1. The zero-order valence-corrected chi connectivity index (χ0v) is 10.4. The lowest BCUT2D eigenvalue weighted by atomic mass is 10.3. The van der Waals surface area contributed by atoms with Gasteiger partial charge in [-0.15, -0.1) is 0 Å². The second kappa shape index (κ2) is 5.41. The summed E-state index contributed by atoms with van der Waals surface area (Å²) in [6.07, 6.45) is 0.0161. The number of hydrogen-bond donors (Lipinski definition) is 1. The van der Waals surface area contributed by atoms with E-state index >= 15 is 0 Å². The largest absolute Gasteiger partial charge is 0.486 e. The molecule has 2 N–H and O–H groups in total. The van der Waals surface area contributed by atoms with E-state index in [1.807, 2.05) is 25.1 Å². The van der Waals surface area contributed by atoms with Gasteiger partial charge >= 0.3 is 0 Å². The molecule has 0 amide bonds. The Bertz CT molecular complexity index is 304. The van der Waals surface area contributed by atoms with E-state index in [0.29, 0.717) is 12.3 Å². The average molecular weight is 307 g/mol. The molecule has 3 nitrogen and oxygen atoms in total. The predicted octanol–water partition coefficient (Wildman–Crippen LogP) is 2.29. The topological polar surface area (TPSA) is 44.5 Å². The lowest BCUT2D eigenvalue weighted by Crippen LogP contribution is -2.18. The Balaban J connectivity index is 2.67. The van der Waals surface area contributed by atoms with Crippen LogP contribution >= 0.6 is 22.6 Å². The predicted molar refractivity (Wildman–Crippen MR) is 65.5 cm³/mol. The summed E-state index contributed by atoms with van der Waals surface area (Å²) in [6.45, 7) is 2.51. The van der Waals surface area contributed by atoms with Gasteiger partial charge < -0.3 is 15.2 Å². The van der Waals surface area contributed by atoms with Gasteiger partial charge in [0.2, 0.25) is 0 Å². The van der Waals surface area contributed by atoms with Crippen molar-refractivity contribution in [3.05, 3.63) is 21.8 Å². The van der Waals surface area contributed by atoms with Gasteiger partial charge in [0.25, 0.3) is 0 Å². The summed E-state index contributed by atoms with van der Waals surface area (Å²) in [7, 11) is 1.65. The molecule has 0 aliphatic rings. The molecule has 1 unspecified atom stereocenters. The monoisotopic (exact) mass is 307 g/mol. The maximum atomic E-state index is 5.80. The number of benzene rings is 1. The number of halogens is 1. The molecular formula is C10H14INO2. The molecule has 0 fully saturated rings. The molecule has 0 heterocycles. The molecule has 4 heteroatoms. The van der Waals surface area contributed by atoms with Gasteiger partial charge in [0.1, 0.15) is 11.9 Å². The summed E-state index contributed by atoms with van der Waals surface area (Å²) in [5, 5.41) is 0. The van der Waals surface area contributed by atoms with Gasteiger partial charge in [0.15, 0.2) is 0 Å². The summed E-state index contributed by atoms with van der Waals surface area (Å²) in [5.74, 6) is 0.718. The summed E-state index contributed by atoms with van der Waals surface area (Å²) in [5.41, 5.74) is 6.46. The van der Waals surface area contributed by atoms with E-state index < -0.39 is 0 Å². The molecule has 78 valence electrons.